The predicted octanol–water partition coefficient (Wildman–Crippen LogP) is 6.10. The SMILES string of the molecule is CCOc1ccc(N2C(=O)/C(=C\c3ccccc3Oc3ccc([N+](=O)[O-])cc3[N+](=O)[O-])SC2=S)cc1. The van der Waals surface area contributed by atoms with Crippen LogP contribution in [0.4, 0.5) is 17.1 Å². The standard InChI is InChI=1S/C24H17N3O7S2/c1-2-33-18-10-7-16(8-11-18)25-23(28)22(36-24(25)35)13-15-5-3-4-6-20(15)34-21-12-9-17(26(29)30)14-19(21)27(31)32/h3-14H,2H2,1H3/b22-13+. The van der Waals surface area contributed by atoms with Crippen LogP contribution in [0.3, 0.4) is 0 Å². The molecule has 10 nitrogen and oxygen atoms in total. The molecular formula is C24H17N3O7S2. The van der Waals surface area contributed by atoms with Gasteiger partial charge in [0.25, 0.3) is 11.6 Å². The van der Waals surface area contributed by atoms with E-state index >= 15 is 0 Å². The molecule has 1 aliphatic heterocycles. The summed E-state index contributed by atoms with van der Waals surface area (Å²) < 4.78 is 11.6. The van der Waals surface area contributed by atoms with Crippen LogP contribution in [-0.2, 0) is 4.79 Å². The van der Waals surface area contributed by atoms with Gasteiger partial charge in [-0.25, -0.2) is 0 Å². The number of amides is 1. The molecule has 3 aromatic rings. The fraction of sp³-hybridized carbons (Fsp3) is 0.0833. The molecule has 0 N–H and O–H groups in total. The zero-order chi connectivity index (χ0) is 25.8. The number of carbonyl (C=O) groups excluding carboxylic acids is 1. The van der Waals surface area contributed by atoms with E-state index in [2.05, 4.69) is 0 Å². The monoisotopic (exact) mass is 523 g/mol. The first-order valence-electron chi connectivity index (χ1n) is 10.5. The van der Waals surface area contributed by atoms with Gasteiger partial charge < -0.3 is 9.47 Å². The van der Waals surface area contributed by atoms with E-state index in [9.17, 15) is 25.0 Å². The van der Waals surface area contributed by atoms with Crippen molar-refractivity contribution in [3.05, 3.63) is 97.4 Å². The number of ether oxygens (including phenoxy) is 2. The normalized spacial score (nSPS) is 14.2. The average Bonchev–Trinajstić information content (AvgIpc) is 3.13. The lowest BCUT2D eigenvalue weighted by Gasteiger charge is -2.15. The third-order valence-electron chi connectivity index (χ3n) is 4.98. The Balaban J connectivity index is 1.63. The molecule has 4 rings (SSSR count). The second-order valence-corrected chi connectivity index (χ2v) is 8.93. The second-order valence-electron chi connectivity index (χ2n) is 7.25. The van der Waals surface area contributed by atoms with Gasteiger partial charge in [-0.2, -0.15) is 0 Å². The lowest BCUT2D eigenvalue weighted by molar-refractivity contribution is -0.394. The van der Waals surface area contributed by atoms with Gasteiger partial charge in [0.1, 0.15) is 11.5 Å². The molecule has 3 aromatic carbocycles. The number of nitro benzene ring substituents is 2. The molecule has 12 heteroatoms. The van der Waals surface area contributed by atoms with Gasteiger partial charge >= 0.3 is 5.69 Å². The number of non-ortho nitro benzene ring substituents is 1. The van der Waals surface area contributed by atoms with Crippen LogP contribution in [0.25, 0.3) is 6.08 Å². The minimum absolute atomic E-state index is 0.173. The Morgan fingerprint density at radius 2 is 1.72 bits per heavy atom. The largest absolute Gasteiger partial charge is 0.494 e. The summed E-state index contributed by atoms with van der Waals surface area (Å²) in [6, 6.07) is 16.7. The zero-order valence-corrected chi connectivity index (χ0v) is 20.3. The fourth-order valence-corrected chi connectivity index (χ4v) is 4.64. The van der Waals surface area contributed by atoms with Crippen molar-refractivity contribution in [1.82, 2.24) is 0 Å². The van der Waals surface area contributed by atoms with Crippen molar-refractivity contribution in [3.8, 4) is 17.2 Å². The van der Waals surface area contributed by atoms with E-state index in [1.54, 1.807) is 54.6 Å². The molecule has 0 aliphatic carbocycles. The number of rotatable bonds is 8. The molecule has 0 aromatic heterocycles. The molecule has 0 radical (unpaired) electrons. The summed E-state index contributed by atoms with van der Waals surface area (Å²) in [6.45, 7) is 2.40. The van der Waals surface area contributed by atoms with Crippen molar-refractivity contribution < 1.29 is 24.1 Å². The molecule has 1 amide bonds. The fourth-order valence-electron chi connectivity index (χ4n) is 3.35. The van der Waals surface area contributed by atoms with Crippen LogP contribution in [0.15, 0.2) is 71.6 Å². The first kappa shape index (κ1) is 24.8. The van der Waals surface area contributed by atoms with E-state index in [0.29, 0.717) is 32.8 Å². The molecule has 1 saturated heterocycles. The van der Waals surface area contributed by atoms with Crippen LogP contribution in [-0.4, -0.2) is 26.7 Å². The van der Waals surface area contributed by atoms with E-state index in [4.69, 9.17) is 21.7 Å². The molecule has 1 aliphatic rings. The topological polar surface area (TPSA) is 125 Å². The smallest absolute Gasteiger partial charge is 0.318 e. The number of hydrogen-bond acceptors (Lipinski definition) is 9. The molecule has 0 spiro atoms. The van der Waals surface area contributed by atoms with Gasteiger partial charge in [0.15, 0.2) is 4.32 Å². The quantitative estimate of drug-likeness (QED) is 0.149. The van der Waals surface area contributed by atoms with E-state index in [1.807, 2.05) is 6.92 Å². The average molecular weight is 524 g/mol. The Labute approximate surface area is 214 Å². The number of carbonyl (C=O) groups is 1. The maximum Gasteiger partial charge on any atom is 0.318 e. The van der Waals surface area contributed by atoms with E-state index in [-0.39, 0.29) is 17.4 Å². The van der Waals surface area contributed by atoms with E-state index in [0.717, 1.165) is 23.9 Å². The van der Waals surface area contributed by atoms with Gasteiger partial charge in [0.2, 0.25) is 5.75 Å². The Kier molecular flexibility index (Phi) is 7.27. The van der Waals surface area contributed by atoms with Crippen LogP contribution in [0.5, 0.6) is 17.2 Å². The summed E-state index contributed by atoms with van der Waals surface area (Å²) in [5.41, 5.74) is 0.0777. The maximum atomic E-state index is 13.2. The van der Waals surface area contributed by atoms with Crippen LogP contribution in [0.1, 0.15) is 12.5 Å². The summed E-state index contributed by atoms with van der Waals surface area (Å²) >= 11 is 6.54. The number of benzene rings is 3. The van der Waals surface area contributed by atoms with Crippen LogP contribution >= 0.6 is 24.0 Å². The minimum atomic E-state index is -0.757. The number of hydrogen-bond donors (Lipinski definition) is 0. The van der Waals surface area contributed by atoms with Gasteiger partial charge in [0.05, 0.1) is 33.1 Å². The molecule has 182 valence electrons. The predicted molar refractivity (Wildman–Crippen MR) is 140 cm³/mol. The van der Waals surface area contributed by atoms with Crippen molar-refractivity contribution in [1.29, 1.82) is 0 Å². The molecule has 1 fully saturated rings. The van der Waals surface area contributed by atoms with Crippen molar-refractivity contribution in [2.75, 3.05) is 11.5 Å². The van der Waals surface area contributed by atoms with Gasteiger partial charge in [-0.1, -0.05) is 42.2 Å². The summed E-state index contributed by atoms with van der Waals surface area (Å²) in [5.74, 6) is 0.396. The Morgan fingerprint density at radius 3 is 2.39 bits per heavy atom. The highest BCUT2D eigenvalue weighted by atomic mass is 32.2. The van der Waals surface area contributed by atoms with Crippen LogP contribution in [0, 0.1) is 20.2 Å². The van der Waals surface area contributed by atoms with E-state index in [1.165, 1.54) is 11.0 Å². The molecule has 1 heterocycles. The summed E-state index contributed by atoms with van der Waals surface area (Å²) in [4.78, 5) is 35.9. The number of nitrogens with zero attached hydrogens (tertiary/aromatic N) is 3. The Morgan fingerprint density at radius 1 is 1.00 bits per heavy atom. The highest BCUT2D eigenvalue weighted by Crippen LogP contribution is 2.39. The van der Waals surface area contributed by atoms with Crippen molar-refractivity contribution in [3.63, 3.8) is 0 Å². The van der Waals surface area contributed by atoms with Crippen LogP contribution < -0.4 is 14.4 Å². The molecule has 0 atom stereocenters. The van der Waals surface area contributed by atoms with Gasteiger partial charge in [-0.3, -0.25) is 29.9 Å². The maximum absolute atomic E-state index is 13.2. The van der Waals surface area contributed by atoms with Crippen molar-refractivity contribution in [2.24, 2.45) is 0 Å². The highest BCUT2D eigenvalue weighted by molar-refractivity contribution is 8.27. The second kappa shape index (κ2) is 10.5. The Bertz CT molecular complexity index is 1410. The molecule has 0 unspecified atom stereocenters. The number of thioether (sulfide) groups is 1. The van der Waals surface area contributed by atoms with Gasteiger partial charge in [-0.15, -0.1) is 0 Å². The number of para-hydroxylation sites is 1. The zero-order valence-electron chi connectivity index (χ0n) is 18.7. The number of nitro groups is 2. The number of thiocarbonyl (C=S) groups is 1. The minimum Gasteiger partial charge on any atom is -0.494 e. The third kappa shape index (κ3) is 5.19. The summed E-state index contributed by atoms with van der Waals surface area (Å²) in [6.07, 6.45) is 1.58. The van der Waals surface area contributed by atoms with Crippen molar-refractivity contribution in [2.45, 2.75) is 6.92 Å². The number of anilines is 1. The summed E-state index contributed by atoms with van der Waals surface area (Å²) in [7, 11) is 0. The molecule has 0 saturated carbocycles. The first-order valence-corrected chi connectivity index (χ1v) is 11.7. The van der Waals surface area contributed by atoms with Gasteiger partial charge in [0, 0.05) is 11.6 Å². The lowest BCUT2D eigenvalue weighted by Crippen LogP contribution is -2.27. The van der Waals surface area contributed by atoms with Gasteiger partial charge in [-0.05, 0) is 49.4 Å². The van der Waals surface area contributed by atoms with E-state index < -0.39 is 21.2 Å². The molecule has 0 bridgehead atoms. The Hall–Kier alpha value is -4.29. The summed E-state index contributed by atoms with van der Waals surface area (Å²) in [5, 5.41) is 22.5. The molecule has 36 heavy (non-hydrogen) atoms. The highest BCUT2D eigenvalue weighted by Gasteiger charge is 2.33. The third-order valence-corrected chi connectivity index (χ3v) is 6.28. The first-order chi connectivity index (χ1) is 17.3. The van der Waals surface area contributed by atoms with Crippen LogP contribution in [0.2, 0.25) is 0 Å². The van der Waals surface area contributed by atoms with Crippen molar-refractivity contribution >= 4 is 57.3 Å². The molecular weight excluding hydrogens is 506 g/mol. The lowest BCUT2D eigenvalue weighted by atomic mass is 10.1.